The van der Waals surface area contributed by atoms with Gasteiger partial charge in [-0.25, -0.2) is 0 Å². The molecule has 3 rings (SSSR count). The van der Waals surface area contributed by atoms with Gasteiger partial charge in [-0.1, -0.05) is 36.1 Å². The number of nitrogens with one attached hydrogen (secondary N) is 1. The molecule has 1 amide bonds. The van der Waals surface area contributed by atoms with E-state index in [4.69, 9.17) is 12.2 Å². The second kappa shape index (κ2) is 8.79. The van der Waals surface area contributed by atoms with Crippen molar-refractivity contribution < 1.29 is 9.72 Å². The van der Waals surface area contributed by atoms with Crippen LogP contribution in [-0.4, -0.2) is 63.7 Å². The standard InChI is InChI=1S/C17H22N4O3S2/c22-16(15-2-1-7-18-15)19-8-10-20(11-9-19)17(25)26-12-13-3-5-14(6-4-13)21(23)24/h3-6,15,18H,1-2,7-12H2. The van der Waals surface area contributed by atoms with Gasteiger partial charge in [0, 0.05) is 44.1 Å². The Morgan fingerprint density at radius 2 is 1.88 bits per heavy atom. The Bertz CT molecular complexity index is 669. The summed E-state index contributed by atoms with van der Waals surface area (Å²) >= 11 is 7.07. The summed E-state index contributed by atoms with van der Waals surface area (Å²) in [5.41, 5.74) is 1.10. The van der Waals surface area contributed by atoms with Crippen LogP contribution in [0.15, 0.2) is 24.3 Å². The first kappa shape index (κ1) is 19.1. The second-order valence-electron chi connectivity index (χ2n) is 6.44. The van der Waals surface area contributed by atoms with Crippen molar-refractivity contribution in [3.05, 3.63) is 39.9 Å². The number of amides is 1. The highest BCUT2D eigenvalue weighted by molar-refractivity contribution is 8.22. The van der Waals surface area contributed by atoms with E-state index in [1.54, 1.807) is 23.9 Å². The van der Waals surface area contributed by atoms with Crippen LogP contribution in [0.4, 0.5) is 5.69 Å². The number of non-ortho nitro benzene ring substituents is 1. The van der Waals surface area contributed by atoms with Crippen LogP contribution in [0.25, 0.3) is 0 Å². The van der Waals surface area contributed by atoms with Gasteiger partial charge in [-0.2, -0.15) is 0 Å². The molecule has 1 unspecified atom stereocenters. The fraction of sp³-hybridized carbons (Fsp3) is 0.529. The molecule has 0 radical (unpaired) electrons. The summed E-state index contributed by atoms with van der Waals surface area (Å²) in [5.74, 6) is 0.897. The number of nitro benzene ring substituents is 1. The molecule has 0 spiro atoms. The second-order valence-corrected chi connectivity index (χ2v) is 8.05. The molecule has 140 valence electrons. The fourth-order valence-corrected chi connectivity index (χ4v) is 4.38. The summed E-state index contributed by atoms with van der Waals surface area (Å²) in [4.78, 5) is 26.8. The van der Waals surface area contributed by atoms with Crippen LogP contribution >= 0.6 is 24.0 Å². The average Bonchev–Trinajstić information content (AvgIpc) is 3.20. The minimum Gasteiger partial charge on any atom is -0.354 e. The number of benzene rings is 1. The van der Waals surface area contributed by atoms with E-state index in [9.17, 15) is 14.9 Å². The van der Waals surface area contributed by atoms with Crippen molar-refractivity contribution >= 4 is 39.9 Å². The Morgan fingerprint density at radius 1 is 1.23 bits per heavy atom. The van der Waals surface area contributed by atoms with E-state index in [1.807, 2.05) is 4.90 Å². The zero-order chi connectivity index (χ0) is 18.5. The van der Waals surface area contributed by atoms with Gasteiger partial charge in [-0.3, -0.25) is 14.9 Å². The number of carbonyl (C=O) groups excluding carboxylic acids is 1. The lowest BCUT2D eigenvalue weighted by molar-refractivity contribution is -0.384. The zero-order valence-corrected chi connectivity index (χ0v) is 16.1. The third-order valence-electron chi connectivity index (χ3n) is 4.72. The van der Waals surface area contributed by atoms with E-state index in [-0.39, 0.29) is 17.6 Å². The predicted molar refractivity (Wildman–Crippen MR) is 106 cm³/mol. The molecule has 2 heterocycles. The van der Waals surface area contributed by atoms with Gasteiger partial charge >= 0.3 is 0 Å². The van der Waals surface area contributed by atoms with Gasteiger partial charge in [-0.05, 0) is 24.9 Å². The molecule has 7 nitrogen and oxygen atoms in total. The van der Waals surface area contributed by atoms with Gasteiger partial charge in [0.2, 0.25) is 5.91 Å². The third kappa shape index (κ3) is 4.72. The highest BCUT2D eigenvalue weighted by atomic mass is 32.2. The molecule has 0 saturated carbocycles. The minimum atomic E-state index is -0.399. The Balaban J connectivity index is 1.43. The van der Waals surface area contributed by atoms with Crippen LogP contribution in [-0.2, 0) is 10.5 Å². The van der Waals surface area contributed by atoms with Crippen LogP contribution in [0.5, 0.6) is 0 Å². The third-order valence-corrected chi connectivity index (χ3v) is 6.31. The number of hydrogen-bond acceptors (Lipinski definition) is 6. The summed E-state index contributed by atoms with van der Waals surface area (Å²) in [5, 5.41) is 13.9. The molecule has 2 aliphatic heterocycles. The van der Waals surface area contributed by atoms with Gasteiger partial charge < -0.3 is 15.1 Å². The number of piperazine rings is 1. The SMILES string of the molecule is O=C(C1CCCN1)N1CCN(C(=S)SCc2ccc([N+](=O)[O-])cc2)CC1. The summed E-state index contributed by atoms with van der Waals surface area (Å²) < 4.78 is 0.814. The van der Waals surface area contributed by atoms with Crippen molar-refractivity contribution in [2.24, 2.45) is 0 Å². The fourth-order valence-electron chi connectivity index (χ4n) is 3.18. The van der Waals surface area contributed by atoms with Gasteiger partial charge in [0.05, 0.1) is 11.0 Å². The first-order chi connectivity index (χ1) is 12.5. The summed E-state index contributed by atoms with van der Waals surface area (Å²) in [6, 6.07) is 6.54. The van der Waals surface area contributed by atoms with Gasteiger partial charge in [0.15, 0.2) is 0 Å². The van der Waals surface area contributed by atoms with Gasteiger partial charge in [-0.15, -0.1) is 0 Å². The average molecular weight is 395 g/mol. The lowest BCUT2D eigenvalue weighted by atomic mass is 10.2. The normalized spacial score (nSPS) is 20.2. The van der Waals surface area contributed by atoms with Crippen LogP contribution in [0.2, 0.25) is 0 Å². The molecule has 1 atom stereocenters. The van der Waals surface area contributed by atoms with E-state index in [0.29, 0.717) is 18.8 Å². The van der Waals surface area contributed by atoms with Crippen LogP contribution in [0, 0.1) is 10.1 Å². The molecule has 26 heavy (non-hydrogen) atoms. The van der Waals surface area contributed by atoms with Crippen molar-refractivity contribution in [1.82, 2.24) is 15.1 Å². The molecule has 1 N–H and O–H groups in total. The molecular formula is C17H22N4O3S2. The van der Waals surface area contributed by atoms with E-state index in [0.717, 1.165) is 42.4 Å². The number of nitrogens with zero attached hydrogens (tertiary/aromatic N) is 3. The van der Waals surface area contributed by atoms with Crippen LogP contribution in [0.1, 0.15) is 18.4 Å². The van der Waals surface area contributed by atoms with E-state index >= 15 is 0 Å². The molecule has 0 aliphatic carbocycles. The first-order valence-electron chi connectivity index (χ1n) is 8.72. The van der Waals surface area contributed by atoms with Crippen molar-refractivity contribution in [3.8, 4) is 0 Å². The van der Waals surface area contributed by atoms with Gasteiger partial charge in [0.1, 0.15) is 4.32 Å². The number of carbonyl (C=O) groups is 1. The molecule has 2 saturated heterocycles. The largest absolute Gasteiger partial charge is 0.354 e. The lowest BCUT2D eigenvalue weighted by Crippen LogP contribution is -2.53. The zero-order valence-electron chi connectivity index (χ0n) is 14.4. The smallest absolute Gasteiger partial charge is 0.269 e. The van der Waals surface area contributed by atoms with Crippen LogP contribution < -0.4 is 5.32 Å². The maximum Gasteiger partial charge on any atom is 0.269 e. The summed E-state index contributed by atoms with van der Waals surface area (Å²) in [6.45, 7) is 3.85. The van der Waals surface area contributed by atoms with Crippen molar-refractivity contribution in [1.29, 1.82) is 0 Å². The number of thioether (sulfide) groups is 1. The molecule has 9 heteroatoms. The lowest BCUT2D eigenvalue weighted by Gasteiger charge is -2.37. The maximum atomic E-state index is 12.4. The molecule has 0 aromatic heterocycles. The van der Waals surface area contributed by atoms with Crippen molar-refractivity contribution in [2.45, 2.75) is 24.6 Å². The molecule has 1 aromatic carbocycles. The quantitative estimate of drug-likeness (QED) is 0.475. The monoisotopic (exact) mass is 394 g/mol. The van der Waals surface area contributed by atoms with E-state index in [2.05, 4.69) is 10.2 Å². The first-order valence-corrected chi connectivity index (χ1v) is 10.1. The van der Waals surface area contributed by atoms with Crippen molar-refractivity contribution in [2.75, 3.05) is 32.7 Å². The molecule has 2 aliphatic rings. The van der Waals surface area contributed by atoms with E-state index in [1.165, 1.54) is 12.1 Å². The Labute approximate surface area is 162 Å². The Kier molecular flexibility index (Phi) is 6.44. The summed E-state index contributed by atoms with van der Waals surface area (Å²) in [7, 11) is 0. The molecule has 1 aromatic rings. The molecular weight excluding hydrogens is 372 g/mol. The van der Waals surface area contributed by atoms with E-state index < -0.39 is 4.92 Å². The molecule has 2 fully saturated rings. The summed E-state index contributed by atoms with van der Waals surface area (Å²) in [6.07, 6.45) is 2.00. The highest BCUT2D eigenvalue weighted by Gasteiger charge is 2.29. The molecule has 0 bridgehead atoms. The number of hydrogen-bond donors (Lipinski definition) is 1. The topological polar surface area (TPSA) is 78.7 Å². The van der Waals surface area contributed by atoms with Crippen LogP contribution in [0.3, 0.4) is 0 Å². The predicted octanol–water partition coefficient (Wildman–Crippen LogP) is 2.01. The van der Waals surface area contributed by atoms with Crippen molar-refractivity contribution in [3.63, 3.8) is 0 Å². The number of rotatable bonds is 4. The van der Waals surface area contributed by atoms with Gasteiger partial charge in [0.25, 0.3) is 5.69 Å². The highest BCUT2D eigenvalue weighted by Crippen LogP contribution is 2.20. The minimum absolute atomic E-state index is 0.00925. The number of nitro groups is 1. The Hall–Kier alpha value is -1.71. The maximum absolute atomic E-state index is 12.4. The number of thiocarbonyl (C=S) groups is 1. The Morgan fingerprint density at radius 3 is 2.46 bits per heavy atom.